The Bertz CT molecular complexity index is 605. The Kier molecular flexibility index (Phi) is 3.42. The Morgan fingerprint density at radius 1 is 1.00 bits per heavy atom. The van der Waals surface area contributed by atoms with E-state index in [1.165, 1.54) is 0 Å². The summed E-state index contributed by atoms with van der Waals surface area (Å²) in [6.45, 7) is 2.01. The third-order valence-electron chi connectivity index (χ3n) is 3.06. The van der Waals surface area contributed by atoms with Crippen LogP contribution in [0.4, 0.5) is 17.1 Å². The maximum absolute atomic E-state index is 12.3. The van der Waals surface area contributed by atoms with Crippen LogP contribution in [0.2, 0.25) is 0 Å². The standard InChI is InChI=1S/C15H17N3O/c1-10-3-6-12(7-4-10)18(2)15(19)11-5-8-13(16)14(17)9-11/h3-9H,16-17H2,1-2H3. The average Bonchev–Trinajstić information content (AvgIpc) is 2.41. The second-order valence-corrected chi connectivity index (χ2v) is 4.54. The number of carbonyl (C=O) groups excluding carboxylic acids is 1. The van der Waals surface area contributed by atoms with Crippen molar-refractivity contribution < 1.29 is 4.79 Å². The van der Waals surface area contributed by atoms with E-state index >= 15 is 0 Å². The summed E-state index contributed by atoms with van der Waals surface area (Å²) in [4.78, 5) is 13.9. The lowest BCUT2D eigenvalue weighted by molar-refractivity contribution is 0.0993. The average molecular weight is 255 g/mol. The molecule has 0 heterocycles. The fourth-order valence-corrected chi connectivity index (χ4v) is 1.79. The molecule has 0 unspecified atom stereocenters. The van der Waals surface area contributed by atoms with E-state index in [4.69, 9.17) is 11.5 Å². The fourth-order valence-electron chi connectivity index (χ4n) is 1.79. The zero-order valence-electron chi connectivity index (χ0n) is 11.1. The van der Waals surface area contributed by atoms with Crippen molar-refractivity contribution >= 4 is 23.0 Å². The van der Waals surface area contributed by atoms with Gasteiger partial charge in [0.05, 0.1) is 11.4 Å². The molecule has 0 atom stereocenters. The Labute approximate surface area is 112 Å². The van der Waals surface area contributed by atoms with Crippen LogP contribution in [-0.4, -0.2) is 13.0 Å². The maximum Gasteiger partial charge on any atom is 0.258 e. The van der Waals surface area contributed by atoms with Gasteiger partial charge in [0, 0.05) is 18.3 Å². The second-order valence-electron chi connectivity index (χ2n) is 4.54. The van der Waals surface area contributed by atoms with Crippen molar-refractivity contribution in [3.63, 3.8) is 0 Å². The summed E-state index contributed by atoms with van der Waals surface area (Å²) in [7, 11) is 1.74. The first-order valence-corrected chi connectivity index (χ1v) is 5.99. The summed E-state index contributed by atoms with van der Waals surface area (Å²) in [6, 6.07) is 12.7. The number of hydrogen-bond donors (Lipinski definition) is 2. The normalized spacial score (nSPS) is 10.2. The first kappa shape index (κ1) is 13.0. The van der Waals surface area contributed by atoms with Crippen molar-refractivity contribution in [2.24, 2.45) is 0 Å². The molecule has 2 rings (SSSR count). The minimum absolute atomic E-state index is 0.115. The summed E-state index contributed by atoms with van der Waals surface area (Å²) >= 11 is 0. The number of hydrogen-bond acceptors (Lipinski definition) is 3. The van der Waals surface area contributed by atoms with E-state index < -0.39 is 0 Å². The molecule has 4 heteroatoms. The molecular formula is C15H17N3O. The molecule has 0 fully saturated rings. The Morgan fingerprint density at radius 3 is 2.21 bits per heavy atom. The largest absolute Gasteiger partial charge is 0.397 e. The lowest BCUT2D eigenvalue weighted by atomic mass is 10.1. The van der Waals surface area contributed by atoms with Crippen molar-refractivity contribution in [3.8, 4) is 0 Å². The predicted octanol–water partition coefficient (Wildman–Crippen LogP) is 2.44. The van der Waals surface area contributed by atoms with Crippen LogP contribution in [0, 0.1) is 6.92 Å². The third-order valence-corrected chi connectivity index (χ3v) is 3.06. The molecule has 0 aliphatic carbocycles. The highest BCUT2D eigenvalue weighted by atomic mass is 16.2. The van der Waals surface area contributed by atoms with Crippen molar-refractivity contribution in [1.82, 2.24) is 0 Å². The number of nitrogens with zero attached hydrogens (tertiary/aromatic N) is 1. The van der Waals surface area contributed by atoms with Crippen molar-refractivity contribution in [3.05, 3.63) is 53.6 Å². The van der Waals surface area contributed by atoms with Crippen LogP contribution in [0.25, 0.3) is 0 Å². The van der Waals surface area contributed by atoms with Gasteiger partial charge in [0.2, 0.25) is 0 Å². The molecule has 0 saturated carbocycles. The van der Waals surface area contributed by atoms with Crippen LogP contribution >= 0.6 is 0 Å². The van der Waals surface area contributed by atoms with Crippen molar-refractivity contribution in [1.29, 1.82) is 0 Å². The minimum Gasteiger partial charge on any atom is -0.397 e. The molecule has 0 aromatic heterocycles. The number of nitrogens with two attached hydrogens (primary N) is 2. The molecule has 0 spiro atoms. The number of carbonyl (C=O) groups is 1. The van der Waals surface area contributed by atoms with Crippen molar-refractivity contribution in [2.75, 3.05) is 23.4 Å². The molecule has 0 aliphatic heterocycles. The highest BCUT2D eigenvalue weighted by Gasteiger charge is 2.14. The topological polar surface area (TPSA) is 72.3 Å². The number of rotatable bonds is 2. The van der Waals surface area contributed by atoms with Gasteiger partial charge in [-0.25, -0.2) is 0 Å². The quantitative estimate of drug-likeness (QED) is 0.809. The highest BCUT2D eigenvalue weighted by Crippen LogP contribution is 2.20. The molecule has 0 saturated heterocycles. The van der Waals surface area contributed by atoms with E-state index in [2.05, 4.69) is 0 Å². The number of benzene rings is 2. The van der Waals surface area contributed by atoms with Gasteiger partial charge in [-0.3, -0.25) is 4.79 Å². The van der Waals surface area contributed by atoms with Gasteiger partial charge in [0.25, 0.3) is 5.91 Å². The fraction of sp³-hybridized carbons (Fsp3) is 0.133. The molecule has 4 nitrogen and oxygen atoms in total. The molecule has 4 N–H and O–H groups in total. The van der Waals surface area contributed by atoms with E-state index in [9.17, 15) is 4.79 Å². The predicted molar refractivity (Wildman–Crippen MR) is 79.2 cm³/mol. The number of aryl methyl sites for hydroxylation is 1. The minimum atomic E-state index is -0.115. The van der Waals surface area contributed by atoms with Gasteiger partial charge in [0.1, 0.15) is 0 Å². The molecule has 19 heavy (non-hydrogen) atoms. The Hall–Kier alpha value is -2.49. The van der Waals surface area contributed by atoms with Gasteiger partial charge in [-0.05, 0) is 37.3 Å². The number of nitrogen functional groups attached to an aromatic ring is 2. The summed E-state index contributed by atoms with van der Waals surface area (Å²) in [5.41, 5.74) is 14.8. The van der Waals surface area contributed by atoms with Crippen molar-refractivity contribution in [2.45, 2.75) is 6.92 Å². The maximum atomic E-state index is 12.3. The van der Waals surface area contributed by atoms with E-state index in [1.807, 2.05) is 31.2 Å². The Morgan fingerprint density at radius 2 is 1.63 bits per heavy atom. The molecule has 1 amide bonds. The lowest BCUT2D eigenvalue weighted by Gasteiger charge is -2.18. The monoisotopic (exact) mass is 255 g/mol. The first-order valence-electron chi connectivity index (χ1n) is 5.99. The number of amides is 1. The van der Waals surface area contributed by atoms with E-state index in [0.717, 1.165) is 11.3 Å². The molecule has 98 valence electrons. The van der Waals surface area contributed by atoms with Crippen LogP contribution in [0.5, 0.6) is 0 Å². The lowest BCUT2D eigenvalue weighted by Crippen LogP contribution is -2.26. The van der Waals surface area contributed by atoms with Crippen LogP contribution in [0.15, 0.2) is 42.5 Å². The zero-order valence-corrected chi connectivity index (χ0v) is 11.1. The first-order chi connectivity index (χ1) is 8.99. The van der Waals surface area contributed by atoms with Crippen LogP contribution < -0.4 is 16.4 Å². The van der Waals surface area contributed by atoms with Gasteiger partial charge in [-0.2, -0.15) is 0 Å². The smallest absolute Gasteiger partial charge is 0.258 e. The SMILES string of the molecule is Cc1ccc(N(C)C(=O)c2ccc(N)c(N)c2)cc1. The zero-order chi connectivity index (χ0) is 14.0. The Balaban J connectivity index is 2.28. The molecule has 0 bridgehead atoms. The van der Waals surface area contributed by atoms with Gasteiger partial charge < -0.3 is 16.4 Å². The summed E-state index contributed by atoms with van der Waals surface area (Å²) < 4.78 is 0. The third kappa shape index (κ3) is 2.68. The highest BCUT2D eigenvalue weighted by molar-refractivity contribution is 6.06. The molecule has 2 aromatic carbocycles. The molecule has 0 radical (unpaired) electrons. The molecule has 0 aliphatic rings. The van der Waals surface area contributed by atoms with E-state index in [-0.39, 0.29) is 5.91 Å². The summed E-state index contributed by atoms with van der Waals surface area (Å²) in [5, 5.41) is 0. The van der Waals surface area contributed by atoms with E-state index in [0.29, 0.717) is 16.9 Å². The van der Waals surface area contributed by atoms with E-state index in [1.54, 1.807) is 30.1 Å². The molecular weight excluding hydrogens is 238 g/mol. The second kappa shape index (κ2) is 5.02. The summed E-state index contributed by atoms with van der Waals surface area (Å²) in [5.74, 6) is -0.115. The van der Waals surface area contributed by atoms with Crippen LogP contribution in [-0.2, 0) is 0 Å². The summed E-state index contributed by atoms with van der Waals surface area (Å²) in [6.07, 6.45) is 0. The number of anilines is 3. The van der Waals surface area contributed by atoms with Crippen LogP contribution in [0.1, 0.15) is 15.9 Å². The van der Waals surface area contributed by atoms with Gasteiger partial charge in [-0.15, -0.1) is 0 Å². The van der Waals surface area contributed by atoms with Gasteiger partial charge in [-0.1, -0.05) is 17.7 Å². The van der Waals surface area contributed by atoms with Gasteiger partial charge >= 0.3 is 0 Å². The van der Waals surface area contributed by atoms with Crippen LogP contribution in [0.3, 0.4) is 0 Å². The molecule has 2 aromatic rings. The van der Waals surface area contributed by atoms with Gasteiger partial charge in [0.15, 0.2) is 0 Å².